The first-order valence-corrected chi connectivity index (χ1v) is 7.12. The van der Waals surface area contributed by atoms with Crippen LogP contribution in [0.15, 0.2) is 30.3 Å². The average molecular weight is 261 g/mol. The number of rotatable bonds is 5. The highest BCUT2D eigenvalue weighted by molar-refractivity contribution is 5.71. The highest BCUT2D eigenvalue weighted by atomic mass is 16.4. The number of carboxylic acids is 1. The van der Waals surface area contributed by atoms with Crippen molar-refractivity contribution in [3.05, 3.63) is 35.9 Å². The maximum atomic E-state index is 11.2. The third-order valence-electron chi connectivity index (χ3n) is 4.26. The number of likely N-dealkylation sites (tertiary alicyclic amines) is 1. The maximum absolute atomic E-state index is 11.2. The quantitative estimate of drug-likeness (QED) is 0.886. The standard InChI is InChI=1S/C16H23NO2/c1-3-14(9-13-7-5-4-6-8-13)17-10-12(2)15(11-17)16(18)19/h4-8,12,14-15H,3,9-11H2,1-2H3,(H,18,19)/t12-,14?,15-/m1/s1. The molecule has 1 heterocycles. The van der Waals surface area contributed by atoms with Gasteiger partial charge in [0.25, 0.3) is 0 Å². The number of hydrogen-bond acceptors (Lipinski definition) is 2. The summed E-state index contributed by atoms with van der Waals surface area (Å²) < 4.78 is 0. The van der Waals surface area contributed by atoms with Crippen LogP contribution in [0.2, 0.25) is 0 Å². The Hall–Kier alpha value is -1.35. The van der Waals surface area contributed by atoms with Crippen molar-refractivity contribution in [2.45, 2.75) is 32.7 Å². The van der Waals surface area contributed by atoms with E-state index in [4.69, 9.17) is 0 Å². The van der Waals surface area contributed by atoms with E-state index in [1.165, 1.54) is 5.56 Å². The van der Waals surface area contributed by atoms with E-state index in [2.05, 4.69) is 36.1 Å². The molecule has 19 heavy (non-hydrogen) atoms. The van der Waals surface area contributed by atoms with Crippen molar-refractivity contribution in [2.24, 2.45) is 11.8 Å². The highest BCUT2D eigenvalue weighted by Gasteiger charge is 2.37. The van der Waals surface area contributed by atoms with Gasteiger partial charge in [-0.25, -0.2) is 0 Å². The maximum Gasteiger partial charge on any atom is 0.308 e. The molecule has 1 aliphatic rings. The lowest BCUT2D eigenvalue weighted by molar-refractivity contribution is -0.142. The second-order valence-corrected chi connectivity index (χ2v) is 5.63. The third-order valence-corrected chi connectivity index (χ3v) is 4.26. The van der Waals surface area contributed by atoms with Crippen molar-refractivity contribution < 1.29 is 9.90 Å². The van der Waals surface area contributed by atoms with Gasteiger partial charge in [-0.3, -0.25) is 9.69 Å². The van der Waals surface area contributed by atoms with Gasteiger partial charge in [0.15, 0.2) is 0 Å². The largest absolute Gasteiger partial charge is 0.481 e. The van der Waals surface area contributed by atoms with Crippen molar-refractivity contribution in [3.63, 3.8) is 0 Å². The van der Waals surface area contributed by atoms with Gasteiger partial charge in [0, 0.05) is 19.1 Å². The minimum atomic E-state index is -0.649. The normalized spacial score (nSPS) is 25.4. The lowest BCUT2D eigenvalue weighted by Crippen LogP contribution is -2.35. The zero-order chi connectivity index (χ0) is 13.8. The zero-order valence-electron chi connectivity index (χ0n) is 11.7. The predicted molar refractivity (Wildman–Crippen MR) is 76.1 cm³/mol. The molecule has 2 rings (SSSR count). The Bertz CT molecular complexity index is 418. The van der Waals surface area contributed by atoms with Gasteiger partial charge >= 0.3 is 5.97 Å². The topological polar surface area (TPSA) is 40.5 Å². The smallest absolute Gasteiger partial charge is 0.308 e. The van der Waals surface area contributed by atoms with Gasteiger partial charge in [-0.15, -0.1) is 0 Å². The molecule has 0 spiro atoms. The first kappa shape index (κ1) is 14.1. The fourth-order valence-electron chi connectivity index (χ4n) is 3.04. The molecule has 0 bridgehead atoms. The number of nitrogens with zero attached hydrogens (tertiary/aromatic N) is 1. The summed E-state index contributed by atoms with van der Waals surface area (Å²) in [7, 11) is 0. The summed E-state index contributed by atoms with van der Waals surface area (Å²) in [6.45, 7) is 5.84. The lowest BCUT2D eigenvalue weighted by Gasteiger charge is -2.27. The Morgan fingerprint density at radius 3 is 2.58 bits per heavy atom. The van der Waals surface area contributed by atoms with Crippen LogP contribution in [0, 0.1) is 11.8 Å². The summed E-state index contributed by atoms with van der Waals surface area (Å²) in [5.41, 5.74) is 1.33. The second kappa shape index (κ2) is 6.20. The summed E-state index contributed by atoms with van der Waals surface area (Å²) in [6.07, 6.45) is 2.07. The Labute approximate surface area is 115 Å². The molecule has 0 aliphatic carbocycles. The molecular weight excluding hydrogens is 238 g/mol. The molecule has 1 saturated heterocycles. The molecule has 1 aliphatic heterocycles. The molecule has 1 aromatic rings. The molecule has 1 N–H and O–H groups in total. The molecule has 1 unspecified atom stereocenters. The monoisotopic (exact) mass is 261 g/mol. The van der Waals surface area contributed by atoms with E-state index in [0.29, 0.717) is 12.6 Å². The molecule has 3 heteroatoms. The van der Waals surface area contributed by atoms with Crippen LogP contribution in [-0.4, -0.2) is 35.1 Å². The average Bonchev–Trinajstić information content (AvgIpc) is 2.79. The van der Waals surface area contributed by atoms with Crippen LogP contribution in [0.3, 0.4) is 0 Å². The molecule has 1 aromatic carbocycles. The number of benzene rings is 1. The number of hydrogen-bond donors (Lipinski definition) is 1. The van der Waals surface area contributed by atoms with Crippen LogP contribution >= 0.6 is 0 Å². The molecule has 0 amide bonds. The van der Waals surface area contributed by atoms with Crippen LogP contribution in [0.1, 0.15) is 25.8 Å². The van der Waals surface area contributed by atoms with E-state index in [-0.39, 0.29) is 11.8 Å². The van der Waals surface area contributed by atoms with Gasteiger partial charge < -0.3 is 5.11 Å². The zero-order valence-corrected chi connectivity index (χ0v) is 11.7. The predicted octanol–water partition coefficient (Wildman–Crippen LogP) is 2.66. The molecule has 104 valence electrons. The molecule has 0 aromatic heterocycles. The summed E-state index contributed by atoms with van der Waals surface area (Å²) in [5.74, 6) is -0.600. The van der Waals surface area contributed by atoms with Gasteiger partial charge in [-0.2, -0.15) is 0 Å². The van der Waals surface area contributed by atoms with Gasteiger partial charge in [0.05, 0.1) is 5.92 Å². The Kier molecular flexibility index (Phi) is 4.59. The fourth-order valence-corrected chi connectivity index (χ4v) is 3.04. The van der Waals surface area contributed by atoms with E-state index in [0.717, 1.165) is 19.4 Å². The molecule has 0 radical (unpaired) electrons. The first-order valence-electron chi connectivity index (χ1n) is 7.12. The van der Waals surface area contributed by atoms with Crippen LogP contribution in [0.5, 0.6) is 0 Å². The number of aliphatic carboxylic acids is 1. The van der Waals surface area contributed by atoms with Crippen LogP contribution in [0.4, 0.5) is 0 Å². The van der Waals surface area contributed by atoms with Gasteiger partial charge in [0.1, 0.15) is 0 Å². The van der Waals surface area contributed by atoms with E-state index < -0.39 is 5.97 Å². The number of carbonyl (C=O) groups is 1. The van der Waals surface area contributed by atoms with Crippen LogP contribution in [0.25, 0.3) is 0 Å². The number of carboxylic acid groups (broad SMARTS) is 1. The summed E-state index contributed by atoms with van der Waals surface area (Å²) in [4.78, 5) is 13.6. The van der Waals surface area contributed by atoms with Crippen molar-refractivity contribution in [1.29, 1.82) is 0 Å². The van der Waals surface area contributed by atoms with E-state index in [1.54, 1.807) is 0 Å². The molecule has 3 nitrogen and oxygen atoms in total. The van der Waals surface area contributed by atoms with E-state index >= 15 is 0 Å². The van der Waals surface area contributed by atoms with E-state index in [9.17, 15) is 9.90 Å². The highest BCUT2D eigenvalue weighted by Crippen LogP contribution is 2.27. The SMILES string of the molecule is CCC(Cc1ccccc1)N1C[C@@H](C)[C@H](C(=O)O)C1. The van der Waals surface area contributed by atoms with Crippen molar-refractivity contribution in [3.8, 4) is 0 Å². The van der Waals surface area contributed by atoms with Crippen LogP contribution < -0.4 is 0 Å². The Morgan fingerprint density at radius 2 is 2.05 bits per heavy atom. The first-order chi connectivity index (χ1) is 9.11. The summed E-state index contributed by atoms with van der Waals surface area (Å²) in [6, 6.07) is 10.9. The molecule has 3 atom stereocenters. The molecular formula is C16H23NO2. The second-order valence-electron chi connectivity index (χ2n) is 5.63. The van der Waals surface area contributed by atoms with E-state index in [1.807, 2.05) is 13.0 Å². The van der Waals surface area contributed by atoms with Crippen molar-refractivity contribution >= 4 is 5.97 Å². The third kappa shape index (κ3) is 3.35. The Morgan fingerprint density at radius 1 is 1.37 bits per heavy atom. The summed E-state index contributed by atoms with van der Waals surface area (Å²) in [5, 5.41) is 9.22. The minimum Gasteiger partial charge on any atom is -0.481 e. The van der Waals surface area contributed by atoms with Gasteiger partial charge in [-0.1, -0.05) is 44.2 Å². The van der Waals surface area contributed by atoms with Crippen molar-refractivity contribution in [2.75, 3.05) is 13.1 Å². The molecule has 0 saturated carbocycles. The van der Waals surface area contributed by atoms with Crippen LogP contribution in [-0.2, 0) is 11.2 Å². The van der Waals surface area contributed by atoms with Gasteiger partial charge in [0.2, 0.25) is 0 Å². The minimum absolute atomic E-state index is 0.204. The Balaban J connectivity index is 2.01. The van der Waals surface area contributed by atoms with Gasteiger partial charge in [-0.05, 0) is 24.3 Å². The summed E-state index contributed by atoms with van der Waals surface area (Å²) >= 11 is 0. The molecule has 1 fully saturated rings. The fraction of sp³-hybridized carbons (Fsp3) is 0.562. The van der Waals surface area contributed by atoms with Crippen molar-refractivity contribution in [1.82, 2.24) is 4.90 Å². The lowest BCUT2D eigenvalue weighted by atomic mass is 9.99.